The quantitative estimate of drug-likeness (QED) is 0.411. The fraction of sp³-hybridized carbons (Fsp3) is 0.800. The lowest BCUT2D eigenvalue weighted by Crippen LogP contribution is -2.25. The maximum absolute atomic E-state index is 10.3. The average molecular weight is 109 g/mol. The molecule has 0 aromatic rings. The second kappa shape index (κ2) is 2.20. The van der Waals surface area contributed by atoms with Crippen LogP contribution < -0.4 is 0 Å². The van der Waals surface area contributed by atoms with Crippen LogP contribution in [0, 0.1) is 0 Å². The molecule has 8 heavy (non-hydrogen) atoms. The molecule has 0 unspecified atom stereocenters. The highest BCUT2D eigenvalue weighted by Crippen LogP contribution is 2.05. The van der Waals surface area contributed by atoms with Gasteiger partial charge in [0.05, 0.1) is 0 Å². The molecular weight excluding hydrogens is 101 g/mol. The highest BCUT2D eigenvalue weighted by atomic mass is 16.1. The fourth-order valence-corrected chi connectivity index (χ4v) is 0.938. The van der Waals surface area contributed by atoms with Crippen LogP contribution in [-0.4, -0.2) is 31.6 Å². The molecule has 1 aliphatic rings. The Balaban J connectivity index is 2.35. The minimum Gasteiger partial charge on any atom is -0.353 e. The Morgan fingerprint density at radius 2 is 1.88 bits per heavy atom. The Morgan fingerprint density at radius 1 is 1.38 bits per heavy atom. The van der Waals surface area contributed by atoms with Crippen molar-refractivity contribution >= 4 is 13.7 Å². The molecule has 1 heterocycles. The molecule has 0 saturated carbocycles. The van der Waals surface area contributed by atoms with Crippen LogP contribution in [0.1, 0.15) is 12.8 Å². The number of carbonyl (C=O) groups excluding carboxylic acids is 1. The van der Waals surface area contributed by atoms with Gasteiger partial charge in [0.25, 0.3) is 0 Å². The standard InChI is InChI=1S/C5H8BNO/c6-5(8)7-3-1-2-4-7/h1-4H2. The summed E-state index contributed by atoms with van der Waals surface area (Å²) in [5, 5.41) is 0. The van der Waals surface area contributed by atoms with E-state index in [0.717, 1.165) is 25.9 Å². The predicted molar refractivity (Wildman–Crippen MR) is 32.0 cm³/mol. The smallest absolute Gasteiger partial charge is 0.200 e. The van der Waals surface area contributed by atoms with Crippen molar-refractivity contribution in [3.05, 3.63) is 0 Å². The lowest BCUT2D eigenvalue weighted by atomic mass is 10.1. The van der Waals surface area contributed by atoms with E-state index in [4.69, 9.17) is 7.85 Å². The van der Waals surface area contributed by atoms with Crippen molar-refractivity contribution in [2.24, 2.45) is 0 Å². The molecule has 42 valence electrons. The molecule has 0 bridgehead atoms. The topological polar surface area (TPSA) is 20.3 Å². The fourth-order valence-electron chi connectivity index (χ4n) is 0.938. The Kier molecular flexibility index (Phi) is 1.56. The Labute approximate surface area is 50.3 Å². The number of amides is 1. The lowest BCUT2D eigenvalue weighted by molar-refractivity contribution is 0.232. The summed E-state index contributed by atoms with van der Waals surface area (Å²) in [5.74, 6) is -0.275. The van der Waals surface area contributed by atoms with Crippen molar-refractivity contribution in [2.45, 2.75) is 12.8 Å². The largest absolute Gasteiger partial charge is 0.353 e. The average Bonchev–Trinajstić information content (AvgIpc) is 2.12. The zero-order valence-corrected chi connectivity index (χ0v) is 4.76. The molecule has 3 heteroatoms. The van der Waals surface area contributed by atoms with E-state index in [9.17, 15) is 4.79 Å². The summed E-state index contributed by atoms with van der Waals surface area (Å²) in [6.07, 6.45) is 2.23. The van der Waals surface area contributed by atoms with Crippen molar-refractivity contribution in [1.82, 2.24) is 4.90 Å². The van der Waals surface area contributed by atoms with Gasteiger partial charge in [-0.1, -0.05) is 0 Å². The molecule has 0 aromatic heterocycles. The molecule has 1 fully saturated rings. The van der Waals surface area contributed by atoms with Crippen LogP contribution in [0.25, 0.3) is 0 Å². The van der Waals surface area contributed by atoms with Crippen molar-refractivity contribution < 1.29 is 4.79 Å². The van der Waals surface area contributed by atoms with Crippen LogP contribution in [-0.2, 0) is 0 Å². The molecule has 0 aliphatic carbocycles. The Morgan fingerprint density at radius 3 is 2.12 bits per heavy atom. The summed E-state index contributed by atoms with van der Waals surface area (Å²) in [5.41, 5.74) is 0. The van der Waals surface area contributed by atoms with E-state index in [-0.39, 0.29) is 5.81 Å². The first-order chi connectivity index (χ1) is 3.80. The van der Waals surface area contributed by atoms with Crippen LogP contribution in [0.3, 0.4) is 0 Å². The second-order valence-corrected chi connectivity index (χ2v) is 2.03. The van der Waals surface area contributed by atoms with Gasteiger partial charge in [0.2, 0.25) is 7.85 Å². The SMILES string of the molecule is [B]C(=O)N1CCCC1. The van der Waals surface area contributed by atoms with Gasteiger partial charge >= 0.3 is 0 Å². The number of rotatable bonds is 0. The third kappa shape index (κ3) is 1.03. The molecule has 2 radical (unpaired) electrons. The Bertz CT molecular complexity index is 98.6. The molecular formula is C5H8BNO. The number of hydrogen-bond donors (Lipinski definition) is 0. The van der Waals surface area contributed by atoms with E-state index in [0.29, 0.717) is 0 Å². The number of nitrogens with zero attached hydrogens (tertiary/aromatic N) is 1. The Hall–Kier alpha value is -0.465. The summed E-state index contributed by atoms with van der Waals surface area (Å²) in [6.45, 7) is 1.71. The molecule has 0 aromatic carbocycles. The third-order valence-electron chi connectivity index (χ3n) is 1.42. The van der Waals surface area contributed by atoms with Gasteiger partial charge in [-0.15, -0.1) is 0 Å². The molecule has 1 amide bonds. The van der Waals surface area contributed by atoms with E-state index >= 15 is 0 Å². The van der Waals surface area contributed by atoms with Gasteiger partial charge in [0.15, 0.2) is 5.81 Å². The lowest BCUT2D eigenvalue weighted by Gasteiger charge is -2.11. The summed E-state index contributed by atoms with van der Waals surface area (Å²) < 4.78 is 0. The van der Waals surface area contributed by atoms with Gasteiger partial charge in [-0.2, -0.15) is 0 Å². The first kappa shape index (κ1) is 5.67. The number of hydrogen-bond acceptors (Lipinski definition) is 1. The third-order valence-corrected chi connectivity index (χ3v) is 1.42. The summed E-state index contributed by atoms with van der Waals surface area (Å²) >= 11 is 0. The normalized spacial score (nSPS) is 19.2. The van der Waals surface area contributed by atoms with Gasteiger partial charge in [-0.3, -0.25) is 4.79 Å². The highest BCUT2D eigenvalue weighted by molar-refractivity contribution is 6.56. The van der Waals surface area contributed by atoms with E-state index in [1.54, 1.807) is 4.90 Å². The zero-order chi connectivity index (χ0) is 5.98. The van der Waals surface area contributed by atoms with Crippen LogP contribution in [0.2, 0.25) is 0 Å². The molecule has 1 saturated heterocycles. The first-order valence-electron chi connectivity index (χ1n) is 2.85. The van der Waals surface area contributed by atoms with Gasteiger partial charge in [0, 0.05) is 13.1 Å². The molecule has 0 N–H and O–H groups in total. The second-order valence-electron chi connectivity index (χ2n) is 2.03. The zero-order valence-electron chi connectivity index (χ0n) is 4.76. The molecule has 0 spiro atoms. The molecule has 1 rings (SSSR count). The number of likely N-dealkylation sites (tertiary alicyclic amines) is 1. The maximum atomic E-state index is 10.3. The van der Waals surface area contributed by atoms with Crippen LogP contribution in [0.4, 0.5) is 4.79 Å². The molecule has 1 aliphatic heterocycles. The first-order valence-corrected chi connectivity index (χ1v) is 2.85. The van der Waals surface area contributed by atoms with Crippen LogP contribution in [0.15, 0.2) is 0 Å². The van der Waals surface area contributed by atoms with Gasteiger partial charge in [0.1, 0.15) is 0 Å². The maximum Gasteiger partial charge on any atom is 0.200 e. The minimum atomic E-state index is -0.275. The van der Waals surface area contributed by atoms with Crippen LogP contribution in [0.5, 0.6) is 0 Å². The highest BCUT2D eigenvalue weighted by Gasteiger charge is 2.11. The van der Waals surface area contributed by atoms with Gasteiger partial charge in [-0.25, -0.2) is 0 Å². The number of carbonyl (C=O) groups is 1. The summed E-state index contributed by atoms with van der Waals surface area (Å²) in [4.78, 5) is 12.0. The summed E-state index contributed by atoms with van der Waals surface area (Å²) in [7, 11) is 4.98. The van der Waals surface area contributed by atoms with Gasteiger partial charge in [-0.05, 0) is 12.8 Å². The van der Waals surface area contributed by atoms with E-state index in [2.05, 4.69) is 0 Å². The predicted octanol–water partition coefficient (Wildman–Crippen LogP) is 0.371. The van der Waals surface area contributed by atoms with Crippen molar-refractivity contribution in [1.29, 1.82) is 0 Å². The van der Waals surface area contributed by atoms with Crippen molar-refractivity contribution in [2.75, 3.05) is 13.1 Å². The minimum absolute atomic E-state index is 0.275. The monoisotopic (exact) mass is 109 g/mol. The van der Waals surface area contributed by atoms with E-state index < -0.39 is 0 Å². The molecule has 0 atom stereocenters. The van der Waals surface area contributed by atoms with E-state index in [1.807, 2.05) is 0 Å². The van der Waals surface area contributed by atoms with Crippen LogP contribution >= 0.6 is 0 Å². The van der Waals surface area contributed by atoms with Crippen molar-refractivity contribution in [3.63, 3.8) is 0 Å². The summed E-state index contributed by atoms with van der Waals surface area (Å²) in [6, 6.07) is 0. The molecule has 2 nitrogen and oxygen atoms in total. The van der Waals surface area contributed by atoms with E-state index in [1.165, 1.54) is 0 Å². The van der Waals surface area contributed by atoms with Gasteiger partial charge < -0.3 is 4.90 Å². The van der Waals surface area contributed by atoms with Crippen molar-refractivity contribution in [3.8, 4) is 0 Å².